The molecule has 20 heavy (non-hydrogen) atoms. The first-order valence-electron chi connectivity index (χ1n) is 6.83. The molecule has 0 spiro atoms. The molecule has 1 aromatic rings. The van der Waals surface area contributed by atoms with E-state index >= 15 is 0 Å². The Balaban J connectivity index is 2.05. The van der Waals surface area contributed by atoms with Crippen molar-refractivity contribution in [2.45, 2.75) is 25.0 Å². The van der Waals surface area contributed by atoms with Crippen LogP contribution in [0.2, 0.25) is 5.02 Å². The summed E-state index contributed by atoms with van der Waals surface area (Å²) in [5.41, 5.74) is 0.837. The zero-order chi connectivity index (χ0) is 14.7. The first-order valence-corrected chi connectivity index (χ1v) is 7.21. The molecule has 2 unspecified atom stereocenters. The van der Waals surface area contributed by atoms with E-state index in [0.717, 1.165) is 12.1 Å². The third kappa shape index (κ3) is 3.72. The number of β-amino-alcohol motifs (C(OH)–C–C–N with tert-alkyl or cyclic N) is 1. The number of hydrogen-bond acceptors (Lipinski definition) is 3. The van der Waals surface area contributed by atoms with E-state index in [0.29, 0.717) is 18.0 Å². The second-order valence-electron chi connectivity index (χ2n) is 5.62. The zero-order valence-corrected chi connectivity index (χ0v) is 12.7. The molecule has 1 N–H and O–H groups in total. The minimum absolute atomic E-state index is 0.0292. The van der Waals surface area contributed by atoms with Gasteiger partial charge in [0, 0.05) is 24.2 Å². The van der Waals surface area contributed by atoms with Gasteiger partial charge in [0.25, 0.3) is 0 Å². The van der Waals surface area contributed by atoms with Gasteiger partial charge in [-0.05, 0) is 32.1 Å². The predicted molar refractivity (Wildman–Crippen MR) is 79.8 cm³/mol. The molecule has 2 rings (SSSR count). The highest BCUT2D eigenvalue weighted by Crippen LogP contribution is 2.22. The predicted octanol–water partition coefficient (Wildman–Crippen LogP) is 1.41. The SMILES string of the molecule is CN(C)CC1CC(O)CN1C(=O)Cc1ccccc1Cl. The number of likely N-dealkylation sites (tertiary alicyclic amines) is 1. The first kappa shape index (κ1) is 15.3. The molecule has 110 valence electrons. The lowest BCUT2D eigenvalue weighted by Gasteiger charge is -2.27. The molecule has 0 aliphatic carbocycles. The molecule has 0 aromatic heterocycles. The molecule has 0 bridgehead atoms. The minimum Gasteiger partial charge on any atom is -0.391 e. The quantitative estimate of drug-likeness (QED) is 0.913. The van der Waals surface area contributed by atoms with Gasteiger partial charge in [-0.2, -0.15) is 0 Å². The zero-order valence-electron chi connectivity index (χ0n) is 11.9. The van der Waals surface area contributed by atoms with Crippen molar-refractivity contribution in [2.24, 2.45) is 0 Å². The van der Waals surface area contributed by atoms with Crippen molar-refractivity contribution < 1.29 is 9.90 Å². The van der Waals surface area contributed by atoms with E-state index in [1.165, 1.54) is 0 Å². The summed E-state index contributed by atoms with van der Waals surface area (Å²) >= 11 is 6.10. The van der Waals surface area contributed by atoms with Gasteiger partial charge in [-0.25, -0.2) is 0 Å². The van der Waals surface area contributed by atoms with E-state index in [4.69, 9.17) is 11.6 Å². The molecule has 1 fully saturated rings. The number of hydrogen-bond donors (Lipinski definition) is 1. The number of rotatable bonds is 4. The summed E-state index contributed by atoms with van der Waals surface area (Å²) in [6, 6.07) is 7.47. The van der Waals surface area contributed by atoms with Crippen LogP contribution in [0.4, 0.5) is 0 Å². The van der Waals surface area contributed by atoms with Crippen LogP contribution in [-0.2, 0) is 11.2 Å². The van der Waals surface area contributed by atoms with Crippen molar-refractivity contribution in [3.63, 3.8) is 0 Å². The summed E-state index contributed by atoms with van der Waals surface area (Å²) in [5, 5.41) is 10.4. The normalized spacial score (nSPS) is 22.6. The van der Waals surface area contributed by atoms with Gasteiger partial charge in [-0.15, -0.1) is 0 Å². The Kier molecular flexibility index (Phi) is 5.02. The van der Waals surface area contributed by atoms with Gasteiger partial charge in [0.1, 0.15) is 0 Å². The van der Waals surface area contributed by atoms with E-state index in [1.54, 1.807) is 11.0 Å². The van der Waals surface area contributed by atoms with Crippen LogP contribution in [0, 0.1) is 0 Å². The fourth-order valence-electron chi connectivity index (χ4n) is 2.70. The highest BCUT2D eigenvalue weighted by Gasteiger charge is 2.34. The Bertz CT molecular complexity index is 479. The Morgan fingerprint density at radius 1 is 1.45 bits per heavy atom. The molecule has 1 aromatic carbocycles. The molecule has 5 heteroatoms. The number of amides is 1. The Morgan fingerprint density at radius 2 is 2.15 bits per heavy atom. The molecular weight excluding hydrogens is 276 g/mol. The largest absolute Gasteiger partial charge is 0.391 e. The number of aliphatic hydroxyl groups excluding tert-OH is 1. The van der Waals surface area contributed by atoms with Crippen LogP contribution in [-0.4, -0.2) is 60.1 Å². The van der Waals surface area contributed by atoms with Gasteiger partial charge in [0.15, 0.2) is 0 Å². The lowest BCUT2D eigenvalue weighted by atomic mass is 10.1. The van der Waals surface area contributed by atoms with Gasteiger partial charge in [0.2, 0.25) is 5.91 Å². The Labute approximate surface area is 124 Å². The fourth-order valence-corrected chi connectivity index (χ4v) is 2.90. The number of aliphatic hydroxyl groups is 1. The number of carbonyl (C=O) groups excluding carboxylic acids is 1. The topological polar surface area (TPSA) is 43.8 Å². The summed E-state index contributed by atoms with van der Waals surface area (Å²) in [6.45, 7) is 1.19. The molecular formula is C15H21ClN2O2. The summed E-state index contributed by atoms with van der Waals surface area (Å²) < 4.78 is 0. The number of carbonyl (C=O) groups is 1. The van der Waals surface area contributed by atoms with Gasteiger partial charge in [0.05, 0.1) is 12.5 Å². The van der Waals surface area contributed by atoms with Crippen LogP contribution in [0.25, 0.3) is 0 Å². The van der Waals surface area contributed by atoms with Crippen molar-refractivity contribution in [3.05, 3.63) is 34.9 Å². The summed E-state index contributed by atoms with van der Waals surface area (Å²) in [4.78, 5) is 16.3. The van der Waals surface area contributed by atoms with Gasteiger partial charge in [-0.1, -0.05) is 29.8 Å². The van der Waals surface area contributed by atoms with Crippen LogP contribution in [0.3, 0.4) is 0 Å². The number of benzene rings is 1. The molecule has 2 atom stereocenters. The Hall–Kier alpha value is -1.10. The smallest absolute Gasteiger partial charge is 0.227 e. The monoisotopic (exact) mass is 296 g/mol. The third-order valence-corrected chi connectivity index (χ3v) is 3.96. The lowest BCUT2D eigenvalue weighted by Crippen LogP contribution is -2.42. The second kappa shape index (κ2) is 6.57. The maximum atomic E-state index is 12.4. The highest BCUT2D eigenvalue weighted by molar-refractivity contribution is 6.31. The maximum Gasteiger partial charge on any atom is 0.227 e. The van der Waals surface area contributed by atoms with Crippen molar-refractivity contribution in [1.29, 1.82) is 0 Å². The summed E-state index contributed by atoms with van der Waals surface area (Å²) in [7, 11) is 3.95. The van der Waals surface area contributed by atoms with Crippen molar-refractivity contribution in [3.8, 4) is 0 Å². The van der Waals surface area contributed by atoms with E-state index in [1.807, 2.05) is 37.2 Å². The Morgan fingerprint density at radius 3 is 2.80 bits per heavy atom. The minimum atomic E-state index is -0.421. The number of nitrogens with zero attached hydrogens (tertiary/aromatic N) is 2. The van der Waals surface area contributed by atoms with Crippen LogP contribution >= 0.6 is 11.6 Å². The van der Waals surface area contributed by atoms with Gasteiger partial charge in [-0.3, -0.25) is 4.79 Å². The maximum absolute atomic E-state index is 12.4. The van der Waals surface area contributed by atoms with Crippen LogP contribution in [0.5, 0.6) is 0 Å². The first-order chi connectivity index (χ1) is 9.47. The van der Waals surface area contributed by atoms with E-state index in [-0.39, 0.29) is 18.4 Å². The lowest BCUT2D eigenvalue weighted by molar-refractivity contribution is -0.131. The highest BCUT2D eigenvalue weighted by atomic mass is 35.5. The van der Waals surface area contributed by atoms with Crippen molar-refractivity contribution in [1.82, 2.24) is 9.80 Å². The molecule has 4 nitrogen and oxygen atoms in total. The van der Waals surface area contributed by atoms with Crippen molar-refractivity contribution >= 4 is 17.5 Å². The average Bonchev–Trinajstić information content (AvgIpc) is 2.72. The fraction of sp³-hybridized carbons (Fsp3) is 0.533. The molecule has 0 radical (unpaired) electrons. The van der Waals surface area contributed by atoms with Crippen LogP contribution in [0.1, 0.15) is 12.0 Å². The molecule has 1 heterocycles. The second-order valence-corrected chi connectivity index (χ2v) is 6.03. The summed E-state index contributed by atoms with van der Waals surface area (Å²) in [6.07, 6.45) is 0.512. The van der Waals surface area contributed by atoms with Gasteiger partial charge >= 0.3 is 0 Å². The molecule has 1 aliphatic heterocycles. The standard InChI is InChI=1S/C15H21ClN2O2/c1-17(2)9-12-8-13(19)10-18(12)15(20)7-11-5-3-4-6-14(11)16/h3-6,12-13,19H,7-10H2,1-2H3. The third-order valence-electron chi connectivity index (χ3n) is 3.59. The molecule has 1 saturated heterocycles. The van der Waals surface area contributed by atoms with E-state index in [2.05, 4.69) is 0 Å². The average molecular weight is 297 g/mol. The van der Waals surface area contributed by atoms with E-state index in [9.17, 15) is 9.90 Å². The molecule has 1 amide bonds. The summed E-state index contributed by atoms with van der Waals surface area (Å²) in [5.74, 6) is 0.0292. The van der Waals surface area contributed by atoms with Crippen LogP contribution in [0.15, 0.2) is 24.3 Å². The van der Waals surface area contributed by atoms with Crippen LogP contribution < -0.4 is 0 Å². The molecule has 1 aliphatic rings. The van der Waals surface area contributed by atoms with Gasteiger partial charge < -0.3 is 14.9 Å². The number of halogens is 1. The van der Waals surface area contributed by atoms with Crippen molar-refractivity contribution in [2.75, 3.05) is 27.2 Å². The molecule has 0 saturated carbocycles. The van der Waals surface area contributed by atoms with E-state index < -0.39 is 6.10 Å². The number of likely N-dealkylation sites (N-methyl/N-ethyl adjacent to an activating group) is 1.